The summed E-state index contributed by atoms with van der Waals surface area (Å²) in [6, 6.07) is 13.7. The third-order valence-electron chi connectivity index (χ3n) is 4.77. The first-order chi connectivity index (χ1) is 13.9. The summed E-state index contributed by atoms with van der Waals surface area (Å²) < 4.78 is 34.1. The van der Waals surface area contributed by atoms with Crippen molar-refractivity contribution < 1.29 is 18.0 Å². The Hall–Kier alpha value is -3.25. The van der Waals surface area contributed by atoms with Crippen LogP contribution in [0.4, 0.5) is 8.78 Å². The molecule has 0 bridgehead atoms. The Labute approximate surface area is 169 Å². The highest BCUT2D eigenvalue weighted by Crippen LogP contribution is 2.34. The smallest absolute Gasteiger partial charge is 0.406 e. The lowest BCUT2D eigenvalue weighted by Crippen LogP contribution is -2.09. The van der Waals surface area contributed by atoms with Gasteiger partial charge in [0.2, 0.25) is 0 Å². The number of oxazole rings is 1. The van der Waals surface area contributed by atoms with Crippen LogP contribution < -0.4 is 5.76 Å². The number of nitrogens with zero attached hydrogens (tertiary/aromatic N) is 1. The lowest BCUT2D eigenvalue weighted by molar-refractivity contribution is 0.0985. The molecule has 0 fully saturated rings. The first-order valence-corrected chi connectivity index (χ1v) is 9.09. The first kappa shape index (κ1) is 19.1. The predicted octanol–water partition coefficient (Wildman–Crippen LogP) is 5.16. The standard InChI is InChI=1S/C22H14ClF2NO3/c1-26-17-10-9-14(20(23)21(17)29-22(26)28)13-7-5-12(6-8-13)11-18(27)19-15(24)3-2-4-16(19)25/h2-10H,11H2,1H3. The Balaban J connectivity index is 1.63. The maximum Gasteiger partial charge on any atom is 0.419 e. The summed E-state index contributed by atoms with van der Waals surface area (Å²) in [4.78, 5) is 24.0. The minimum Gasteiger partial charge on any atom is -0.406 e. The van der Waals surface area contributed by atoms with Gasteiger partial charge in [0.15, 0.2) is 11.4 Å². The van der Waals surface area contributed by atoms with Gasteiger partial charge in [-0.1, -0.05) is 48.0 Å². The maximum atomic E-state index is 13.8. The van der Waals surface area contributed by atoms with Crippen LogP contribution in [0.3, 0.4) is 0 Å². The summed E-state index contributed by atoms with van der Waals surface area (Å²) in [5, 5.41) is 0.303. The molecule has 3 aromatic carbocycles. The van der Waals surface area contributed by atoms with Crippen LogP contribution >= 0.6 is 11.6 Å². The van der Waals surface area contributed by atoms with Crippen molar-refractivity contribution in [3.63, 3.8) is 0 Å². The first-order valence-electron chi connectivity index (χ1n) is 8.71. The monoisotopic (exact) mass is 413 g/mol. The van der Waals surface area contributed by atoms with Gasteiger partial charge in [-0.05, 0) is 29.3 Å². The number of carbonyl (C=O) groups is 1. The number of hydrogen-bond donors (Lipinski definition) is 0. The number of benzene rings is 3. The summed E-state index contributed by atoms with van der Waals surface area (Å²) in [5.41, 5.74) is 2.35. The summed E-state index contributed by atoms with van der Waals surface area (Å²) >= 11 is 6.42. The molecule has 0 unspecified atom stereocenters. The number of Topliss-reactive ketones (excluding diaryl/α,β-unsaturated/α-hetero) is 1. The zero-order valence-electron chi connectivity index (χ0n) is 15.2. The lowest BCUT2D eigenvalue weighted by atomic mass is 9.99. The fraction of sp³-hybridized carbons (Fsp3) is 0.0909. The highest BCUT2D eigenvalue weighted by atomic mass is 35.5. The normalized spacial score (nSPS) is 11.2. The van der Waals surface area contributed by atoms with Crippen LogP contribution in [-0.4, -0.2) is 10.4 Å². The van der Waals surface area contributed by atoms with Crippen molar-refractivity contribution in [3.8, 4) is 11.1 Å². The molecule has 0 saturated carbocycles. The van der Waals surface area contributed by atoms with Crippen molar-refractivity contribution in [3.05, 3.63) is 92.9 Å². The number of rotatable bonds is 4. The molecule has 29 heavy (non-hydrogen) atoms. The van der Waals surface area contributed by atoms with E-state index in [1.807, 2.05) is 0 Å². The number of hydrogen-bond acceptors (Lipinski definition) is 3. The average Bonchev–Trinajstić information content (AvgIpc) is 2.98. The molecule has 0 saturated heterocycles. The Morgan fingerprint density at radius 1 is 1.03 bits per heavy atom. The van der Waals surface area contributed by atoms with Gasteiger partial charge in [0, 0.05) is 19.0 Å². The molecule has 4 nitrogen and oxygen atoms in total. The predicted molar refractivity (Wildman–Crippen MR) is 106 cm³/mol. The van der Waals surface area contributed by atoms with E-state index in [2.05, 4.69) is 0 Å². The molecule has 1 aromatic heterocycles. The number of ketones is 1. The number of aromatic nitrogens is 1. The van der Waals surface area contributed by atoms with E-state index >= 15 is 0 Å². The van der Waals surface area contributed by atoms with Gasteiger partial charge in [-0.2, -0.15) is 0 Å². The van der Waals surface area contributed by atoms with Crippen LogP contribution in [0.1, 0.15) is 15.9 Å². The van der Waals surface area contributed by atoms with E-state index in [-0.39, 0.29) is 6.42 Å². The molecule has 4 aromatic rings. The number of halogens is 3. The molecule has 4 rings (SSSR count). The SMILES string of the molecule is Cn1c(=O)oc2c(Cl)c(-c3ccc(CC(=O)c4c(F)cccc4F)cc3)ccc21. The second kappa shape index (κ2) is 7.29. The van der Waals surface area contributed by atoms with Crippen LogP contribution in [0.2, 0.25) is 5.02 Å². The second-order valence-electron chi connectivity index (χ2n) is 6.60. The lowest BCUT2D eigenvalue weighted by Gasteiger charge is -2.08. The Morgan fingerprint density at radius 3 is 2.34 bits per heavy atom. The maximum absolute atomic E-state index is 13.8. The third kappa shape index (κ3) is 3.36. The van der Waals surface area contributed by atoms with Gasteiger partial charge in [0.25, 0.3) is 0 Å². The van der Waals surface area contributed by atoms with E-state index in [4.69, 9.17) is 16.0 Å². The van der Waals surface area contributed by atoms with Gasteiger partial charge in [0.05, 0.1) is 16.1 Å². The van der Waals surface area contributed by atoms with Crippen molar-refractivity contribution in [2.75, 3.05) is 0 Å². The van der Waals surface area contributed by atoms with Gasteiger partial charge in [-0.3, -0.25) is 9.36 Å². The zero-order chi connectivity index (χ0) is 20.7. The van der Waals surface area contributed by atoms with E-state index in [1.54, 1.807) is 43.4 Å². The molecule has 0 N–H and O–H groups in total. The van der Waals surface area contributed by atoms with Crippen LogP contribution in [0.15, 0.2) is 63.8 Å². The van der Waals surface area contributed by atoms with E-state index in [0.29, 0.717) is 27.2 Å². The van der Waals surface area contributed by atoms with Gasteiger partial charge < -0.3 is 4.42 Å². The molecule has 0 aliphatic rings. The molecule has 146 valence electrons. The van der Waals surface area contributed by atoms with Crippen molar-refractivity contribution in [2.45, 2.75) is 6.42 Å². The fourth-order valence-corrected chi connectivity index (χ4v) is 3.53. The minimum absolute atomic E-state index is 0.140. The van der Waals surface area contributed by atoms with Gasteiger partial charge >= 0.3 is 5.76 Å². The molecule has 0 aliphatic carbocycles. The molecule has 0 atom stereocenters. The molecule has 0 radical (unpaired) electrons. The molecule has 0 aliphatic heterocycles. The highest BCUT2D eigenvalue weighted by Gasteiger charge is 2.18. The van der Waals surface area contributed by atoms with Crippen molar-refractivity contribution in [1.29, 1.82) is 0 Å². The van der Waals surface area contributed by atoms with E-state index in [0.717, 1.165) is 17.7 Å². The summed E-state index contributed by atoms with van der Waals surface area (Å²) in [6.45, 7) is 0. The van der Waals surface area contributed by atoms with Crippen LogP contribution in [-0.2, 0) is 13.5 Å². The van der Waals surface area contributed by atoms with Crippen molar-refractivity contribution in [2.24, 2.45) is 7.05 Å². The number of carbonyl (C=O) groups excluding carboxylic acids is 1. The quantitative estimate of drug-likeness (QED) is 0.434. The van der Waals surface area contributed by atoms with E-state index in [1.165, 1.54) is 10.6 Å². The third-order valence-corrected chi connectivity index (χ3v) is 5.15. The van der Waals surface area contributed by atoms with Gasteiger partial charge in [-0.25, -0.2) is 13.6 Å². The summed E-state index contributed by atoms with van der Waals surface area (Å²) in [6.07, 6.45) is -0.140. The molecular formula is C22H14ClF2NO3. The minimum atomic E-state index is -0.879. The topological polar surface area (TPSA) is 52.2 Å². The van der Waals surface area contributed by atoms with E-state index < -0.39 is 28.7 Å². The highest BCUT2D eigenvalue weighted by molar-refractivity contribution is 6.37. The van der Waals surface area contributed by atoms with Crippen molar-refractivity contribution >= 4 is 28.5 Å². The molecule has 1 heterocycles. The summed E-state index contributed by atoms with van der Waals surface area (Å²) in [5.74, 6) is -2.90. The summed E-state index contributed by atoms with van der Waals surface area (Å²) in [7, 11) is 1.59. The molecule has 7 heteroatoms. The number of aryl methyl sites for hydroxylation is 1. The van der Waals surface area contributed by atoms with Gasteiger partial charge in [-0.15, -0.1) is 0 Å². The van der Waals surface area contributed by atoms with Crippen molar-refractivity contribution in [1.82, 2.24) is 4.57 Å². The largest absolute Gasteiger partial charge is 0.419 e. The Bertz CT molecular complexity index is 1290. The zero-order valence-corrected chi connectivity index (χ0v) is 16.0. The van der Waals surface area contributed by atoms with Gasteiger partial charge in [0.1, 0.15) is 11.6 Å². The van der Waals surface area contributed by atoms with Crippen LogP contribution in [0.5, 0.6) is 0 Å². The van der Waals surface area contributed by atoms with Crippen LogP contribution in [0, 0.1) is 11.6 Å². The molecule has 0 amide bonds. The molecule has 0 spiro atoms. The van der Waals surface area contributed by atoms with Crippen LogP contribution in [0.25, 0.3) is 22.2 Å². The average molecular weight is 414 g/mol. The Kier molecular flexibility index (Phi) is 4.80. The van der Waals surface area contributed by atoms with E-state index in [9.17, 15) is 18.4 Å². The Morgan fingerprint density at radius 2 is 1.69 bits per heavy atom. The fourth-order valence-electron chi connectivity index (χ4n) is 3.22. The second-order valence-corrected chi connectivity index (χ2v) is 6.97. The number of fused-ring (bicyclic) bond motifs is 1. The molecular weight excluding hydrogens is 400 g/mol.